The maximum Gasteiger partial charge on any atom is 0.265 e. The minimum absolute atomic E-state index is 0.0229. The van der Waals surface area contributed by atoms with Crippen LogP contribution in [0.5, 0.6) is 11.5 Å². The standard InChI is InChI=1S/C19H17N3O3S/c1-11-4-3-5-13(8-11)21-19-14(10-20)17(24)22-18(26-19)12-6-7-15(23)16(9-12)25-2/h3-9,18,21,23H,1-2H3,(H,22,24)/t18-/m1/s1. The number of carbonyl (C=O) groups is 1. The minimum atomic E-state index is -0.446. The molecule has 132 valence electrons. The molecule has 0 aliphatic carbocycles. The first-order valence-corrected chi connectivity index (χ1v) is 8.72. The van der Waals surface area contributed by atoms with E-state index in [9.17, 15) is 15.2 Å². The number of nitriles is 1. The number of methoxy groups -OCH3 is 1. The Labute approximate surface area is 155 Å². The molecule has 0 spiro atoms. The molecule has 1 aliphatic rings. The summed E-state index contributed by atoms with van der Waals surface area (Å²) in [7, 11) is 1.46. The fraction of sp³-hybridized carbons (Fsp3) is 0.158. The molecule has 0 unspecified atom stereocenters. The number of ether oxygens (including phenoxy) is 1. The van der Waals surface area contributed by atoms with Crippen LogP contribution in [-0.4, -0.2) is 18.1 Å². The molecule has 1 atom stereocenters. The van der Waals surface area contributed by atoms with Gasteiger partial charge >= 0.3 is 0 Å². The van der Waals surface area contributed by atoms with Gasteiger partial charge in [0.1, 0.15) is 17.0 Å². The summed E-state index contributed by atoms with van der Waals surface area (Å²) in [6.45, 7) is 1.97. The topological polar surface area (TPSA) is 94.4 Å². The molecule has 0 fully saturated rings. The predicted octanol–water partition coefficient (Wildman–Crippen LogP) is 3.42. The number of aromatic hydroxyl groups is 1. The Bertz CT molecular complexity index is 934. The molecule has 3 rings (SSSR count). The van der Waals surface area contributed by atoms with Crippen molar-refractivity contribution in [2.24, 2.45) is 0 Å². The van der Waals surface area contributed by atoms with Crippen LogP contribution in [0.1, 0.15) is 16.5 Å². The van der Waals surface area contributed by atoms with Gasteiger partial charge in [0.05, 0.1) is 12.1 Å². The molecule has 26 heavy (non-hydrogen) atoms. The van der Waals surface area contributed by atoms with Crippen molar-refractivity contribution in [2.75, 3.05) is 12.4 Å². The third kappa shape index (κ3) is 3.60. The van der Waals surface area contributed by atoms with Crippen molar-refractivity contribution >= 4 is 23.4 Å². The quantitative estimate of drug-likeness (QED) is 0.767. The molecule has 0 aromatic heterocycles. The van der Waals surface area contributed by atoms with Gasteiger partial charge in [-0.1, -0.05) is 30.0 Å². The second-order valence-electron chi connectivity index (χ2n) is 5.71. The van der Waals surface area contributed by atoms with Gasteiger partial charge in [-0.2, -0.15) is 5.26 Å². The molecule has 1 aliphatic heterocycles. The van der Waals surface area contributed by atoms with Crippen LogP contribution >= 0.6 is 11.8 Å². The summed E-state index contributed by atoms with van der Waals surface area (Å²) >= 11 is 1.32. The van der Waals surface area contributed by atoms with Crippen LogP contribution in [0.25, 0.3) is 0 Å². The summed E-state index contributed by atoms with van der Waals surface area (Å²) in [5.41, 5.74) is 2.66. The van der Waals surface area contributed by atoms with Crippen molar-refractivity contribution in [1.29, 1.82) is 5.26 Å². The number of thioether (sulfide) groups is 1. The maximum absolute atomic E-state index is 12.4. The maximum atomic E-state index is 12.4. The van der Waals surface area contributed by atoms with Gasteiger partial charge in [-0.25, -0.2) is 0 Å². The summed E-state index contributed by atoms with van der Waals surface area (Å²) < 4.78 is 5.13. The van der Waals surface area contributed by atoms with Crippen molar-refractivity contribution in [2.45, 2.75) is 12.3 Å². The van der Waals surface area contributed by atoms with Gasteiger partial charge in [0.15, 0.2) is 11.5 Å². The zero-order valence-corrected chi connectivity index (χ0v) is 15.1. The van der Waals surface area contributed by atoms with Crippen LogP contribution in [-0.2, 0) is 4.79 Å². The average Bonchev–Trinajstić information content (AvgIpc) is 2.62. The van der Waals surface area contributed by atoms with Crippen LogP contribution < -0.4 is 15.4 Å². The van der Waals surface area contributed by atoms with Crippen LogP contribution in [0.15, 0.2) is 53.1 Å². The largest absolute Gasteiger partial charge is 0.504 e. The zero-order valence-electron chi connectivity index (χ0n) is 14.2. The first-order chi connectivity index (χ1) is 12.5. The van der Waals surface area contributed by atoms with E-state index < -0.39 is 11.3 Å². The summed E-state index contributed by atoms with van der Waals surface area (Å²) in [5, 5.41) is 25.2. The summed E-state index contributed by atoms with van der Waals surface area (Å²) in [4.78, 5) is 12.4. The lowest BCUT2D eigenvalue weighted by atomic mass is 10.2. The van der Waals surface area contributed by atoms with Crippen LogP contribution in [0.4, 0.5) is 5.69 Å². The molecule has 2 aromatic rings. The molecule has 3 N–H and O–H groups in total. The Morgan fingerprint density at radius 3 is 2.81 bits per heavy atom. The molecule has 0 saturated heterocycles. The molecular formula is C19H17N3O3S. The number of phenols is 1. The Morgan fingerprint density at radius 1 is 1.31 bits per heavy atom. The number of hydrogen-bond donors (Lipinski definition) is 3. The number of nitrogens with zero attached hydrogens (tertiary/aromatic N) is 1. The molecule has 6 nitrogen and oxygen atoms in total. The minimum Gasteiger partial charge on any atom is -0.504 e. The first-order valence-electron chi connectivity index (χ1n) is 7.84. The van der Waals surface area contributed by atoms with Gasteiger partial charge in [-0.3, -0.25) is 4.79 Å². The summed E-state index contributed by atoms with van der Waals surface area (Å²) in [6, 6.07) is 14.5. The van der Waals surface area contributed by atoms with Crippen molar-refractivity contribution in [1.82, 2.24) is 5.32 Å². The number of aryl methyl sites for hydroxylation is 1. The smallest absolute Gasteiger partial charge is 0.265 e. The highest BCUT2D eigenvalue weighted by atomic mass is 32.2. The molecule has 1 heterocycles. The number of rotatable bonds is 4. The van der Waals surface area contributed by atoms with E-state index in [1.807, 2.05) is 37.3 Å². The Morgan fingerprint density at radius 2 is 2.12 bits per heavy atom. The lowest BCUT2D eigenvalue weighted by molar-refractivity contribution is -0.117. The Balaban J connectivity index is 1.93. The highest BCUT2D eigenvalue weighted by Crippen LogP contribution is 2.40. The molecule has 2 aromatic carbocycles. The van der Waals surface area contributed by atoms with Crippen molar-refractivity contribution < 1.29 is 14.6 Å². The van der Waals surface area contributed by atoms with E-state index in [2.05, 4.69) is 10.6 Å². The van der Waals surface area contributed by atoms with Gasteiger partial charge in [0.2, 0.25) is 0 Å². The fourth-order valence-electron chi connectivity index (χ4n) is 2.56. The summed E-state index contributed by atoms with van der Waals surface area (Å²) in [5.74, 6) is -0.103. The highest BCUT2D eigenvalue weighted by molar-refractivity contribution is 8.03. The second-order valence-corrected chi connectivity index (χ2v) is 6.83. The first kappa shape index (κ1) is 17.7. The average molecular weight is 367 g/mol. The Kier molecular flexibility index (Phi) is 5.05. The predicted molar refractivity (Wildman–Crippen MR) is 101 cm³/mol. The van der Waals surface area contributed by atoms with Gasteiger partial charge in [-0.05, 0) is 42.3 Å². The lowest BCUT2D eigenvalue weighted by Gasteiger charge is -2.26. The van der Waals surface area contributed by atoms with E-state index in [-0.39, 0.29) is 11.3 Å². The van der Waals surface area contributed by atoms with Crippen molar-refractivity contribution in [3.63, 3.8) is 0 Å². The van der Waals surface area contributed by atoms with Crippen molar-refractivity contribution in [3.8, 4) is 17.6 Å². The fourth-order valence-corrected chi connectivity index (χ4v) is 3.67. The molecule has 1 amide bonds. The van der Waals surface area contributed by atoms with Gasteiger partial charge in [-0.15, -0.1) is 0 Å². The van der Waals surface area contributed by atoms with Crippen LogP contribution in [0.3, 0.4) is 0 Å². The number of hydrogen-bond acceptors (Lipinski definition) is 6. The number of nitrogens with one attached hydrogen (secondary N) is 2. The number of anilines is 1. The van der Waals surface area contributed by atoms with E-state index in [0.717, 1.165) is 16.8 Å². The van der Waals surface area contributed by atoms with Gasteiger partial charge in [0.25, 0.3) is 5.91 Å². The SMILES string of the molecule is COc1cc([C@@H]2NC(=O)C(C#N)=C(Nc3cccc(C)c3)S2)ccc1O. The molecule has 0 bridgehead atoms. The van der Waals surface area contributed by atoms with E-state index in [1.54, 1.807) is 12.1 Å². The number of benzene rings is 2. The Hall–Kier alpha value is -3.11. The third-order valence-corrected chi connectivity index (χ3v) is 5.01. The number of phenolic OH excluding ortho intramolecular Hbond substituents is 1. The second kappa shape index (κ2) is 7.42. The van der Waals surface area contributed by atoms with Crippen LogP contribution in [0, 0.1) is 18.3 Å². The van der Waals surface area contributed by atoms with E-state index >= 15 is 0 Å². The number of carbonyl (C=O) groups excluding carboxylic acids is 1. The van der Waals surface area contributed by atoms with E-state index in [0.29, 0.717) is 10.8 Å². The van der Waals surface area contributed by atoms with Gasteiger partial charge < -0.3 is 20.5 Å². The molecule has 7 heteroatoms. The van der Waals surface area contributed by atoms with Crippen molar-refractivity contribution in [3.05, 3.63) is 64.2 Å². The van der Waals surface area contributed by atoms with E-state index in [4.69, 9.17) is 4.74 Å². The van der Waals surface area contributed by atoms with Crippen LogP contribution in [0.2, 0.25) is 0 Å². The molecular weight excluding hydrogens is 350 g/mol. The third-order valence-electron chi connectivity index (χ3n) is 3.85. The monoisotopic (exact) mass is 367 g/mol. The van der Waals surface area contributed by atoms with Gasteiger partial charge in [0, 0.05) is 5.69 Å². The molecule has 0 saturated carbocycles. The van der Waals surface area contributed by atoms with E-state index in [1.165, 1.54) is 24.9 Å². The molecule has 0 radical (unpaired) electrons. The summed E-state index contributed by atoms with van der Waals surface area (Å²) in [6.07, 6.45) is 0. The zero-order chi connectivity index (χ0) is 18.7. The number of amides is 1. The lowest BCUT2D eigenvalue weighted by Crippen LogP contribution is -2.33. The highest BCUT2D eigenvalue weighted by Gasteiger charge is 2.29. The normalized spacial score (nSPS) is 16.7.